The van der Waals surface area contributed by atoms with Crippen molar-refractivity contribution in [1.82, 2.24) is 0 Å². The topological polar surface area (TPSA) is 66.5 Å². The average molecular weight is 379 g/mol. The van der Waals surface area contributed by atoms with Crippen molar-refractivity contribution in [3.8, 4) is 0 Å². The largest absolute Gasteiger partial charge is 0.322 e. The van der Waals surface area contributed by atoms with Gasteiger partial charge in [-0.1, -0.05) is 29.3 Å². The van der Waals surface area contributed by atoms with Gasteiger partial charge in [0.05, 0.1) is 22.0 Å². The van der Waals surface area contributed by atoms with Crippen molar-refractivity contribution in [2.75, 3.05) is 21.9 Å². The van der Waals surface area contributed by atoms with E-state index >= 15 is 0 Å². The highest BCUT2D eigenvalue weighted by Gasteiger charge is 2.26. The summed E-state index contributed by atoms with van der Waals surface area (Å²) in [6, 6.07) is 12.2. The summed E-state index contributed by atoms with van der Waals surface area (Å²) in [5.74, 6) is -0.192. The van der Waals surface area contributed by atoms with Gasteiger partial charge >= 0.3 is 0 Å². The third-order valence-electron chi connectivity index (χ3n) is 4.14. The number of carbonyl (C=O) groups is 1. The van der Waals surface area contributed by atoms with E-state index < -0.39 is 10.0 Å². The second-order valence-electron chi connectivity index (χ2n) is 6.08. The summed E-state index contributed by atoms with van der Waals surface area (Å²) < 4.78 is 25.7. The number of nitrogens with zero attached hydrogens (tertiary/aromatic N) is 1. The maximum Gasteiger partial charge on any atom is 0.257 e. The number of sulfonamides is 1. The van der Waals surface area contributed by atoms with Crippen molar-refractivity contribution in [2.45, 2.75) is 19.8 Å². The molecule has 2 aromatic carbocycles. The Morgan fingerprint density at radius 2 is 1.84 bits per heavy atom. The third-order valence-corrected chi connectivity index (χ3v) is 6.33. The zero-order chi connectivity index (χ0) is 18.0. The van der Waals surface area contributed by atoms with Crippen LogP contribution in [0.15, 0.2) is 42.5 Å². The summed E-state index contributed by atoms with van der Waals surface area (Å²) >= 11 is 6.25. The van der Waals surface area contributed by atoms with Gasteiger partial charge in [0.1, 0.15) is 0 Å². The number of hydrogen-bond donors (Lipinski definition) is 1. The Bertz CT molecular complexity index is 895. The molecule has 1 heterocycles. The Kier molecular flexibility index (Phi) is 5.01. The molecule has 0 unspecified atom stereocenters. The van der Waals surface area contributed by atoms with Crippen LogP contribution < -0.4 is 9.62 Å². The Hall–Kier alpha value is -2.05. The summed E-state index contributed by atoms with van der Waals surface area (Å²) in [6.45, 7) is 2.41. The normalized spacial score (nSPS) is 16.5. The highest BCUT2D eigenvalue weighted by Crippen LogP contribution is 2.28. The molecule has 3 rings (SSSR count). The number of rotatable bonds is 3. The van der Waals surface area contributed by atoms with Crippen molar-refractivity contribution in [2.24, 2.45) is 0 Å². The molecule has 1 aliphatic rings. The van der Waals surface area contributed by atoms with E-state index in [4.69, 9.17) is 11.6 Å². The van der Waals surface area contributed by atoms with E-state index in [2.05, 4.69) is 5.32 Å². The van der Waals surface area contributed by atoms with Gasteiger partial charge in [-0.3, -0.25) is 9.10 Å². The number of benzene rings is 2. The second kappa shape index (κ2) is 7.06. The smallest absolute Gasteiger partial charge is 0.257 e. The van der Waals surface area contributed by atoms with Crippen LogP contribution in [0.5, 0.6) is 0 Å². The summed E-state index contributed by atoms with van der Waals surface area (Å²) in [4.78, 5) is 12.4. The van der Waals surface area contributed by atoms with Crippen molar-refractivity contribution >= 4 is 38.9 Å². The van der Waals surface area contributed by atoms with Crippen molar-refractivity contribution in [1.29, 1.82) is 0 Å². The van der Waals surface area contributed by atoms with E-state index in [0.29, 0.717) is 29.9 Å². The Balaban J connectivity index is 1.82. The predicted octanol–water partition coefficient (Wildman–Crippen LogP) is 3.83. The molecule has 0 bridgehead atoms. The van der Waals surface area contributed by atoms with Gasteiger partial charge in [-0.25, -0.2) is 8.42 Å². The molecule has 132 valence electrons. The molecular weight excluding hydrogens is 360 g/mol. The van der Waals surface area contributed by atoms with E-state index in [1.807, 2.05) is 31.2 Å². The molecule has 7 heteroatoms. The minimum absolute atomic E-state index is 0.139. The van der Waals surface area contributed by atoms with Gasteiger partial charge < -0.3 is 5.32 Å². The molecule has 0 radical (unpaired) electrons. The fraction of sp³-hybridized carbons (Fsp3) is 0.278. The zero-order valence-electron chi connectivity index (χ0n) is 13.8. The van der Waals surface area contributed by atoms with Crippen LogP contribution in [0, 0.1) is 6.92 Å². The van der Waals surface area contributed by atoms with Crippen LogP contribution in [0.3, 0.4) is 0 Å². The first-order valence-electron chi connectivity index (χ1n) is 8.05. The molecule has 0 atom stereocenters. The second-order valence-corrected chi connectivity index (χ2v) is 8.50. The Labute approximate surface area is 152 Å². The first kappa shape index (κ1) is 17.8. The highest BCUT2D eigenvalue weighted by molar-refractivity contribution is 7.92. The van der Waals surface area contributed by atoms with Crippen LogP contribution in [0.4, 0.5) is 11.4 Å². The standard InChI is InChI=1S/C18H19ClN2O3S/c1-13-4-6-14(7-5-13)20-18(22)16-9-8-15(12-17(16)19)21-10-2-3-11-25(21,23)24/h4-9,12H,2-3,10-11H2,1H3,(H,20,22). The number of nitrogens with one attached hydrogen (secondary N) is 1. The van der Waals surface area contributed by atoms with E-state index in [1.54, 1.807) is 12.1 Å². The monoisotopic (exact) mass is 378 g/mol. The van der Waals surface area contributed by atoms with Gasteiger partial charge in [0, 0.05) is 12.2 Å². The number of amides is 1. The molecule has 1 aliphatic heterocycles. The number of aryl methyl sites for hydroxylation is 1. The highest BCUT2D eigenvalue weighted by atomic mass is 35.5. The van der Waals surface area contributed by atoms with Crippen LogP contribution in [0.2, 0.25) is 5.02 Å². The van der Waals surface area contributed by atoms with E-state index in [0.717, 1.165) is 12.0 Å². The van der Waals surface area contributed by atoms with Crippen LogP contribution in [0.25, 0.3) is 0 Å². The van der Waals surface area contributed by atoms with Crippen molar-refractivity contribution in [3.05, 3.63) is 58.6 Å². The Morgan fingerprint density at radius 3 is 2.48 bits per heavy atom. The molecule has 0 saturated carbocycles. The fourth-order valence-electron chi connectivity index (χ4n) is 2.76. The molecular formula is C18H19ClN2O3S. The van der Waals surface area contributed by atoms with Crippen LogP contribution >= 0.6 is 11.6 Å². The maximum absolute atomic E-state index is 12.4. The van der Waals surface area contributed by atoms with Gasteiger partial charge in [-0.05, 0) is 50.1 Å². The predicted molar refractivity (Wildman–Crippen MR) is 101 cm³/mol. The molecule has 5 nitrogen and oxygen atoms in total. The van der Waals surface area contributed by atoms with E-state index in [1.165, 1.54) is 10.4 Å². The van der Waals surface area contributed by atoms with Crippen LogP contribution in [-0.4, -0.2) is 26.6 Å². The summed E-state index contributed by atoms with van der Waals surface area (Å²) in [5.41, 5.74) is 2.58. The molecule has 0 aromatic heterocycles. The number of anilines is 2. The molecule has 1 amide bonds. The summed E-state index contributed by atoms with van der Waals surface area (Å²) in [5, 5.41) is 3.01. The van der Waals surface area contributed by atoms with Crippen LogP contribution in [0.1, 0.15) is 28.8 Å². The third kappa shape index (κ3) is 3.96. The van der Waals surface area contributed by atoms with E-state index in [-0.39, 0.29) is 16.7 Å². The average Bonchev–Trinajstić information content (AvgIpc) is 2.56. The number of hydrogen-bond acceptors (Lipinski definition) is 3. The van der Waals surface area contributed by atoms with Gasteiger partial charge in [-0.15, -0.1) is 0 Å². The van der Waals surface area contributed by atoms with Gasteiger partial charge in [0.15, 0.2) is 0 Å². The Morgan fingerprint density at radius 1 is 1.12 bits per heavy atom. The lowest BCUT2D eigenvalue weighted by atomic mass is 10.1. The molecule has 1 fully saturated rings. The first-order valence-corrected chi connectivity index (χ1v) is 10.0. The SMILES string of the molecule is Cc1ccc(NC(=O)c2ccc(N3CCCCS3(=O)=O)cc2Cl)cc1. The van der Waals surface area contributed by atoms with Crippen molar-refractivity contribution < 1.29 is 13.2 Å². The molecule has 25 heavy (non-hydrogen) atoms. The number of carbonyl (C=O) groups excluding carboxylic acids is 1. The van der Waals surface area contributed by atoms with Gasteiger partial charge in [-0.2, -0.15) is 0 Å². The minimum Gasteiger partial charge on any atom is -0.322 e. The lowest BCUT2D eigenvalue weighted by Gasteiger charge is -2.28. The molecule has 0 aliphatic carbocycles. The minimum atomic E-state index is -3.30. The quantitative estimate of drug-likeness (QED) is 0.882. The van der Waals surface area contributed by atoms with Gasteiger partial charge in [0.2, 0.25) is 10.0 Å². The summed E-state index contributed by atoms with van der Waals surface area (Å²) in [6.07, 6.45) is 1.48. The first-order chi connectivity index (χ1) is 11.9. The zero-order valence-corrected chi connectivity index (χ0v) is 15.4. The lowest BCUT2D eigenvalue weighted by Crippen LogP contribution is -2.37. The molecule has 1 N–H and O–H groups in total. The molecule has 2 aromatic rings. The van der Waals surface area contributed by atoms with Gasteiger partial charge in [0.25, 0.3) is 5.91 Å². The lowest BCUT2D eigenvalue weighted by molar-refractivity contribution is 0.102. The van der Waals surface area contributed by atoms with Crippen molar-refractivity contribution in [3.63, 3.8) is 0 Å². The van der Waals surface area contributed by atoms with E-state index in [9.17, 15) is 13.2 Å². The molecule has 1 saturated heterocycles. The fourth-order valence-corrected chi connectivity index (χ4v) is 4.65. The molecule has 0 spiro atoms. The summed E-state index contributed by atoms with van der Waals surface area (Å²) in [7, 11) is -3.30. The maximum atomic E-state index is 12.4. The van der Waals surface area contributed by atoms with Crippen LogP contribution in [-0.2, 0) is 10.0 Å². The number of halogens is 1.